The summed E-state index contributed by atoms with van der Waals surface area (Å²) < 4.78 is 2.32. The monoisotopic (exact) mass is 490 g/mol. The number of hydrogen-bond acceptors (Lipinski definition) is 3. The lowest BCUT2D eigenvalue weighted by atomic mass is 10.1. The molecule has 0 radical (unpaired) electrons. The molecule has 0 saturated heterocycles. The van der Waals surface area contributed by atoms with Gasteiger partial charge in [0.15, 0.2) is 5.96 Å². The van der Waals surface area contributed by atoms with Crippen LogP contribution >= 0.6 is 24.0 Å². The topological polar surface area (TPSA) is 67.1 Å². The quantitative estimate of drug-likeness (QED) is 0.212. The minimum atomic E-state index is 0. The highest BCUT2D eigenvalue weighted by Gasteiger charge is 2.14. The van der Waals surface area contributed by atoms with Crippen LogP contribution in [0.25, 0.3) is 0 Å². The molecule has 0 saturated carbocycles. The molecule has 1 aromatic heterocycles. The van der Waals surface area contributed by atoms with Crippen molar-refractivity contribution in [2.45, 2.75) is 90.5 Å². The molecule has 0 atom stereocenters. The molecule has 1 aliphatic rings. The molecular formula is C20H39IN6. The van der Waals surface area contributed by atoms with E-state index in [0.717, 1.165) is 44.3 Å². The second-order valence-corrected chi connectivity index (χ2v) is 7.29. The van der Waals surface area contributed by atoms with Crippen molar-refractivity contribution in [1.82, 2.24) is 25.4 Å². The van der Waals surface area contributed by atoms with E-state index in [-0.39, 0.29) is 24.0 Å². The van der Waals surface area contributed by atoms with Crippen molar-refractivity contribution in [2.75, 3.05) is 20.1 Å². The van der Waals surface area contributed by atoms with Crippen LogP contribution in [-0.2, 0) is 19.4 Å². The zero-order chi connectivity index (χ0) is 18.5. The summed E-state index contributed by atoms with van der Waals surface area (Å²) in [6, 6.07) is 0. The van der Waals surface area contributed by atoms with Crippen LogP contribution in [0.5, 0.6) is 0 Å². The second kappa shape index (κ2) is 15.1. The van der Waals surface area contributed by atoms with Crippen molar-refractivity contribution in [3.05, 3.63) is 11.6 Å². The molecule has 0 aliphatic carbocycles. The highest BCUT2D eigenvalue weighted by Crippen LogP contribution is 2.14. The van der Waals surface area contributed by atoms with Crippen LogP contribution < -0.4 is 10.6 Å². The normalized spacial score (nSPS) is 14.2. The SMILES string of the molecule is CCCCCCCCCNC(=NC)NCCc1nnc2n1CCCCC2.I. The van der Waals surface area contributed by atoms with Gasteiger partial charge in [0.05, 0.1) is 0 Å². The fourth-order valence-electron chi connectivity index (χ4n) is 3.53. The van der Waals surface area contributed by atoms with Crippen LogP contribution in [-0.4, -0.2) is 40.9 Å². The Morgan fingerprint density at radius 3 is 2.48 bits per heavy atom. The molecule has 7 heteroatoms. The van der Waals surface area contributed by atoms with Gasteiger partial charge in [-0.25, -0.2) is 0 Å². The second-order valence-electron chi connectivity index (χ2n) is 7.29. The maximum absolute atomic E-state index is 4.39. The van der Waals surface area contributed by atoms with Crippen LogP contribution in [0.15, 0.2) is 4.99 Å². The molecular weight excluding hydrogens is 451 g/mol. The molecule has 6 nitrogen and oxygen atoms in total. The molecule has 2 heterocycles. The minimum absolute atomic E-state index is 0. The van der Waals surface area contributed by atoms with Gasteiger partial charge in [0, 0.05) is 39.5 Å². The number of guanidine groups is 1. The lowest BCUT2D eigenvalue weighted by Crippen LogP contribution is -2.39. The zero-order valence-electron chi connectivity index (χ0n) is 17.3. The van der Waals surface area contributed by atoms with Crippen LogP contribution in [0.1, 0.15) is 82.8 Å². The molecule has 0 spiro atoms. The van der Waals surface area contributed by atoms with Gasteiger partial charge in [-0.3, -0.25) is 4.99 Å². The van der Waals surface area contributed by atoms with Crippen molar-refractivity contribution in [2.24, 2.45) is 4.99 Å². The highest BCUT2D eigenvalue weighted by atomic mass is 127. The van der Waals surface area contributed by atoms with Crippen LogP contribution in [0, 0.1) is 0 Å². The number of halogens is 1. The number of aromatic nitrogens is 3. The summed E-state index contributed by atoms with van der Waals surface area (Å²) in [6.45, 7) is 5.17. The Morgan fingerprint density at radius 1 is 0.963 bits per heavy atom. The number of nitrogens with one attached hydrogen (secondary N) is 2. The fourth-order valence-corrected chi connectivity index (χ4v) is 3.53. The average molecular weight is 490 g/mol. The average Bonchev–Trinajstić information content (AvgIpc) is 2.88. The molecule has 1 aliphatic heterocycles. The number of aryl methyl sites for hydroxylation is 1. The molecule has 0 bridgehead atoms. The van der Waals surface area contributed by atoms with E-state index >= 15 is 0 Å². The van der Waals surface area contributed by atoms with E-state index < -0.39 is 0 Å². The van der Waals surface area contributed by atoms with Crippen molar-refractivity contribution in [3.8, 4) is 0 Å². The summed E-state index contributed by atoms with van der Waals surface area (Å²) in [6.07, 6.45) is 15.1. The third-order valence-electron chi connectivity index (χ3n) is 5.12. The summed E-state index contributed by atoms with van der Waals surface area (Å²) in [5.41, 5.74) is 0. The van der Waals surface area contributed by atoms with E-state index in [9.17, 15) is 0 Å². The number of nitrogens with zero attached hydrogens (tertiary/aromatic N) is 4. The van der Waals surface area contributed by atoms with E-state index in [4.69, 9.17) is 0 Å². The Bertz CT molecular complexity index is 529. The highest BCUT2D eigenvalue weighted by molar-refractivity contribution is 14.0. The molecule has 2 rings (SSSR count). The number of aliphatic imine (C=N–C) groups is 1. The first-order valence-electron chi connectivity index (χ1n) is 10.7. The lowest BCUT2D eigenvalue weighted by molar-refractivity contribution is 0.582. The molecule has 1 aromatic rings. The van der Waals surface area contributed by atoms with Gasteiger partial charge in [0.25, 0.3) is 0 Å². The molecule has 0 aromatic carbocycles. The Labute approximate surface area is 182 Å². The van der Waals surface area contributed by atoms with Crippen molar-refractivity contribution in [3.63, 3.8) is 0 Å². The summed E-state index contributed by atoms with van der Waals surface area (Å²) in [4.78, 5) is 4.32. The number of fused-ring (bicyclic) bond motifs is 1. The Hall–Kier alpha value is -0.860. The van der Waals surface area contributed by atoms with Crippen LogP contribution in [0.4, 0.5) is 0 Å². The first-order valence-corrected chi connectivity index (χ1v) is 10.7. The molecule has 156 valence electrons. The maximum atomic E-state index is 4.39. The molecule has 0 fully saturated rings. The predicted molar refractivity (Wildman–Crippen MR) is 124 cm³/mol. The number of unbranched alkanes of at least 4 members (excludes halogenated alkanes) is 6. The zero-order valence-corrected chi connectivity index (χ0v) is 19.6. The number of hydrogen-bond donors (Lipinski definition) is 2. The maximum Gasteiger partial charge on any atom is 0.190 e. The minimum Gasteiger partial charge on any atom is -0.356 e. The fraction of sp³-hybridized carbons (Fsp3) is 0.850. The standard InChI is InChI=1S/C20H38N6.HI/c1-3-4-5-6-7-8-11-15-22-20(21-2)23-16-14-19-25-24-18-13-10-9-12-17-26(18)19;/h3-17H2,1-2H3,(H2,21,22,23);1H. The van der Waals surface area contributed by atoms with Gasteiger partial charge in [0.2, 0.25) is 0 Å². The lowest BCUT2D eigenvalue weighted by Gasteiger charge is -2.12. The largest absolute Gasteiger partial charge is 0.356 e. The van der Waals surface area contributed by atoms with Gasteiger partial charge in [-0.2, -0.15) is 0 Å². The summed E-state index contributed by atoms with van der Waals surface area (Å²) in [7, 11) is 1.84. The van der Waals surface area contributed by atoms with E-state index in [2.05, 4.69) is 37.3 Å². The third-order valence-corrected chi connectivity index (χ3v) is 5.12. The molecule has 0 amide bonds. The summed E-state index contributed by atoms with van der Waals surface area (Å²) in [5, 5.41) is 15.6. The van der Waals surface area contributed by atoms with Crippen molar-refractivity contribution in [1.29, 1.82) is 0 Å². The first kappa shape index (κ1) is 24.2. The molecule has 2 N–H and O–H groups in total. The molecule has 0 unspecified atom stereocenters. The smallest absolute Gasteiger partial charge is 0.190 e. The van der Waals surface area contributed by atoms with Gasteiger partial charge in [-0.05, 0) is 19.3 Å². The predicted octanol–water partition coefficient (Wildman–Crippen LogP) is 4.08. The van der Waals surface area contributed by atoms with Gasteiger partial charge >= 0.3 is 0 Å². The van der Waals surface area contributed by atoms with Gasteiger partial charge < -0.3 is 15.2 Å². The summed E-state index contributed by atoms with van der Waals surface area (Å²) in [5.74, 6) is 3.17. The van der Waals surface area contributed by atoms with Crippen LogP contribution in [0.3, 0.4) is 0 Å². The van der Waals surface area contributed by atoms with E-state index in [1.54, 1.807) is 0 Å². The first-order chi connectivity index (χ1) is 12.8. The molecule has 27 heavy (non-hydrogen) atoms. The van der Waals surface area contributed by atoms with E-state index in [0.29, 0.717) is 0 Å². The van der Waals surface area contributed by atoms with Crippen molar-refractivity contribution < 1.29 is 0 Å². The van der Waals surface area contributed by atoms with E-state index in [1.807, 2.05) is 7.05 Å². The number of rotatable bonds is 11. The Balaban J connectivity index is 0.00000364. The third kappa shape index (κ3) is 9.25. The Morgan fingerprint density at radius 2 is 1.70 bits per heavy atom. The van der Waals surface area contributed by atoms with Crippen molar-refractivity contribution >= 4 is 29.9 Å². The van der Waals surface area contributed by atoms with Crippen LogP contribution in [0.2, 0.25) is 0 Å². The van der Waals surface area contributed by atoms with Gasteiger partial charge in [0.1, 0.15) is 11.6 Å². The summed E-state index contributed by atoms with van der Waals surface area (Å²) >= 11 is 0. The Kier molecular flexibility index (Phi) is 13.5. The van der Waals surface area contributed by atoms with Gasteiger partial charge in [-0.1, -0.05) is 51.9 Å². The van der Waals surface area contributed by atoms with E-state index in [1.165, 1.54) is 70.0 Å². The van der Waals surface area contributed by atoms with Gasteiger partial charge in [-0.15, -0.1) is 34.2 Å².